The highest BCUT2D eigenvalue weighted by Crippen LogP contribution is 2.29. The van der Waals surface area contributed by atoms with Crippen LogP contribution in [-0.2, 0) is 16.6 Å². The molecule has 0 spiro atoms. The lowest BCUT2D eigenvalue weighted by molar-refractivity contribution is 0.261. The quantitative estimate of drug-likeness (QED) is 0.824. The number of nitrogens with zero attached hydrogens (tertiary/aromatic N) is 2. The summed E-state index contributed by atoms with van der Waals surface area (Å²) in [5.74, 6) is 0.461. The van der Waals surface area contributed by atoms with Crippen LogP contribution in [0.5, 0.6) is 0 Å². The number of nitrogens with one attached hydrogen (secondary N) is 1. The number of aromatic amines is 1. The molecule has 1 aromatic rings. The Labute approximate surface area is 107 Å². The van der Waals surface area contributed by atoms with Gasteiger partial charge in [0.2, 0.25) is 0 Å². The van der Waals surface area contributed by atoms with E-state index in [4.69, 9.17) is 0 Å². The average Bonchev–Trinajstić information content (AvgIpc) is 2.64. The monoisotopic (exact) mass is 273 g/mol. The van der Waals surface area contributed by atoms with Crippen LogP contribution >= 0.6 is 0 Å². The molecule has 1 heterocycles. The first-order valence-corrected chi connectivity index (χ1v) is 7.52. The smallest absolute Gasteiger partial charge is 0.262 e. The average molecular weight is 273 g/mol. The Kier molecular flexibility index (Phi) is 3.74. The zero-order valence-electron chi connectivity index (χ0n) is 10.7. The van der Waals surface area contributed by atoms with E-state index in [0.29, 0.717) is 23.7 Å². The molecule has 0 bridgehead atoms. The van der Waals surface area contributed by atoms with Gasteiger partial charge < -0.3 is 5.11 Å². The number of sulfonamides is 1. The first kappa shape index (κ1) is 13.5. The lowest BCUT2D eigenvalue weighted by Gasteiger charge is -2.29. The van der Waals surface area contributed by atoms with E-state index in [1.54, 1.807) is 14.0 Å². The predicted octanol–water partition coefficient (Wildman–Crippen LogP) is 0.631. The van der Waals surface area contributed by atoms with Crippen molar-refractivity contribution in [1.29, 1.82) is 0 Å². The third kappa shape index (κ3) is 2.30. The number of H-pyrrole nitrogens is 1. The van der Waals surface area contributed by atoms with Gasteiger partial charge in [0.25, 0.3) is 10.0 Å². The normalized spacial score (nSPS) is 17.1. The van der Waals surface area contributed by atoms with Gasteiger partial charge in [0, 0.05) is 24.8 Å². The molecule has 0 aromatic carbocycles. The van der Waals surface area contributed by atoms with Gasteiger partial charge in [-0.15, -0.1) is 0 Å². The van der Waals surface area contributed by atoms with Crippen LogP contribution in [0, 0.1) is 12.8 Å². The van der Waals surface area contributed by atoms with Crippen LogP contribution in [0.2, 0.25) is 0 Å². The molecule has 0 amide bonds. The van der Waals surface area contributed by atoms with Crippen LogP contribution in [0.1, 0.15) is 30.5 Å². The summed E-state index contributed by atoms with van der Waals surface area (Å²) in [5, 5.41) is 15.6. The number of aromatic nitrogens is 2. The van der Waals surface area contributed by atoms with Gasteiger partial charge >= 0.3 is 0 Å². The number of hydrogen-bond donors (Lipinski definition) is 2. The summed E-state index contributed by atoms with van der Waals surface area (Å²) in [4.78, 5) is 0. The van der Waals surface area contributed by atoms with Crippen LogP contribution < -0.4 is 0 Å². The topological polar surface area (TPSA) is 86.3 Å². The van der Waals surface area contributed by atoms with E-state index in [9.17, 15) is 13.5 Å². The van der Waals surface area contributed by atoms with Gasteiger partial charge in [-0.25, -0.2) is 8.42 Å². The van der Waals surface area contributed by atoms with Crippen LogP contribution in [0.15, 0.2) is 5.03 Å². The second-order valence-electron chi connectivity index (χ2n) is 4.87. The third-order valence-electron chi connectivity index (χ3n) is 3.59. The van der Waals surface area contributed by atoms with Gasteiger partial charge in [-0.1, -0.05) is 6.42 Å². The van der Waals surface area contributed by atoms with E-state index in [1.165, 1.54) is 10.7 Å². The van der Waals surface area contributed by atoms with E-state index in [-0.39, 0.29) is 11.6 Å². The van der Waals surface area contributed by atoms with Crippen LogP contribution in [0.25, 0.3) is 0 Å². The van der Waals surface area contributed by atoms with Gasteiger partial charge in [-0.05, 0) is 25.7 Å². The van der Waals surface area contributed by atoms with Crippen molar-refractivity contribution < 1.29 is 13.5 Å². The van der Waals surface area contributed by atoms with Crippen molar-refractivity contribution in [2.45, 2.75) is 37.8 Å². The Balaban J connectivity index is 2.23. The first-order valence-electron chi connectivity index (χ1n) is 6.08. The Morgan fingerprint density at radius 3 is 2.67 bits per heavy atom. The molecule has 0 radical (unpaired) electrons. The fourth-order valence-corrected chi connectivity index (χ4v) is 3.51. The highest BCUT2D eigenvalue weighted by molar-refractivity contribution is 7.89. The van der Waals surface area contributed by atoms with E-state index in [0.717, 1.165) is 12.8 Å². The molecule has 0 saturated heterocycles. The summed E-state index contributed by atoms with van der Waals surface area (Å²) >= 11 is 0. The van der Waals surface area contributed by atoms with Crippen molar-refractivity contribution >= 4 is 10.0 Å². The molecule has 1 aliphatic rings. The van der Waals surface area contributed by atoms with E-state index in [2.05, 4.69) is 10.2 Å². The lowest BCUT2D eigenvalue weighted by atomic mass is 9.86. The number of aliphatic hydroxyl groups is 1. The standard InChI is InChI=1S/C11H19N3O3S/c1-8-10(7-15)11(13-12-8)18(16,17)14(2)6-9-4-3-5-9/h9,15H,3-7H2,1-2H3,(H,12,13). The molecule has 18 heavy (non-hydrogen) atoms. The number of hydrogen-bond acceptors (Lipinski definition) is 4. The molecule has 0 unspecified atom stereocenters. The minimum atomic E-state index is -3.60. The largest absolute Gasteiger partial charge is 0.392 e. The van der Waals surface area contributed by atoms with Crippen molar-refractivity contribution in [2.24, 2.45) is 5.92 Å². The molecule has 1 aromatic heterocycles. The van der Waals surface area contributed by atoms with Gasteiger partial charge in [0.15, 0.2) is 5.03 Å². The maximum absolute atomic E-state index is 12.3. The fraction of sp³-hybridized carbons (Fsp3) is 0.727. The van der Waals surface area contributed by atoms with Crippen molar-refractivity contribution in [3.05, 3.63) is 11.3 Å². The number of aryl methyl sites for hydroxylation is 1. The van der Waals surface area contributed by atoms with Crippen molar-refractivity contribution in [3.8, 4) is 0 Å². The summed E-state index contributed by atoms with van der Waals surface area (Å²) in [5.41, 5.74) is 0.948. The first-order chi connectivity index (χ1) is 8.46. The second kappa shape index (κ2) is 4.99. The van der Waals surface area contributed by atoms with Crippen molar-refractivity contribution in [1.82, 2.24) is 14.5 Å². The van der Waals surface area contributed by atoms with E-state index in [1.807, 2.05) is 0 Å². The minimum absolute atomic E-state index is 0.0516. The number of rotatable bonds is 5. The van der Waals surface area contributed by atoms with E-state index >= 15 is 0 Å². The molecule has 6 nitrogen and oxygen atoms in total. The highest BCUT2D eigenvalue weighted by Gasteiger charge is 2.30. The summed E-state index contributed by atoms with van der Waals surface area (Å²) in [6.45, 7) is 1.90. The van der Waals surface area contributed by atoms with E-state index < -0.39 is 10.0 Å². The third-order valence-corrected chi connectivity index (χ3v) is 5.38. The molecule has 1 aliphatic carbocycles. The lowest BCUT2D eigenvalue weighted by Crippen LogP contribution is -2.34. The van der Waals surface area contributed by atoms with Crippen LogP contribution in [0.3, 0.4) is 0 Å². The molecule has 0 atom stereocenters. The fourth-order valence-electron chi connectivity index (χ4n) is 2.11. The van der Waals surface area contributed by atoms with Crippen LogP contribution in [-0.4, -0.2) is 41.6 Å². The Hall–Kier alpha value is -0.920. The van der Waals surface area contributed by atoms with Gasteiger partial charge in [-0.3, -0.25) is 5.10 Å². The molecule has 1 saturated carbocycles. The highest BCUT2D eigenvalue weighted by atomic mass is 32.2. The molecule has 0 aliphatic heterocycles. The maximum atomic E-state index is 12.3. The number of aliphatic hydroxyl groups excluding tert-OH is 1. The van der Waals surface area contributed by atoms with Gasteiger partial charge in [0.1, 0.15) is 0 Å². The van der Waals surface area contributed by atoms with Crippen molar-refractivity contribution in [3.63, 3.8) is 0 Å². The summed E-state index contributed by atoms with van der Waals surface area (Å²) in [6.07, 6.45) is 3.36. The molecular formula is C11H19N3O3S. The molecular weight excluding hydrogens is 254 g/mol. The predicted molar refractivity (Wildman–Crippen MR) is 66.4 cm³/mol. The summed E-state index contributed by atoms with van der Waals surface area (Å²) < 4.78 is 26.0. The molecule has 1 fully saturated rings. The second-order valence-corrected chi connectivity index (χ2v) is 6.83. The molecule has 7 heteroatoms. The Morgan fingerprint density at radius 1 is 1.50 bits per heavy atom. The zero-order chi connectivity index (χ0) is 13.3. The maximum Gasteiger partial charge on any atom is 0.262 e. The minimum Gasteiger partial charge on any atom is -0.392 e. The summed E-state index contributed by atoms with van der Waals surface area (Å²) in [7, 11) is -2.03. The van der Waals surface area contributed by atoms with Gasteiger partial charge in [0.05, 0.1) is 6.61 Å². The molecule has 2 rings (SSSR count). The summed E-state index contributed by atoms with van der Waals surface area (Å²) in [6, 6.07) is 0. The van der Waals surface area contributed by atoms with Gasteiger partial charge in [-0.2, -0.15) is 9.40 Å². The molecule has 2 N–H and O–H groups in total. The van der Waals surface area contributed by atoms with Crippen LogP contribution in [0.4, 0.5) is 0 Å². The SMILES string of the molecule is Cc1[nH]nc(S(=O)(=O)N(C)CC2CCC2)c1CO. The zero-order valence-corrected chi connectivity index (χ0v) is 11.5. The van der Waals surface area contributed by atoms with Crippen molar-refractivity contribution in [2.75, 3.05) is 13.6 Å². The Bertz CT molecular complexity index is 520. The molecule has 102 valence electrons. The Morgan fingerprint density at radius 2 is 2.17 bits per heavy atom.